The number of benzene rings is 1. The smallest absolute Gasteiger partial charge is 0.244 e. The number of carbonyl (C=O) groups is 1. The minimum Gasteiger partial charge on any atom is -0.340 e. The summed E-state index contributed by atoms with van der Waals surface area (Å²) in [4.78, 5) is 19.1. The molecule has 0 saturated carbocycles. The number of halogens is 1. The summed E-state index contributed by atoms with van der Waals surface area (Å²) < 4.78 is 28.8. The average molecular weight is 487 g/mol. The van der Waals surface area contributed by atoms with E-state index in [1.807, 2.05) is 13.8 Å². The Bertz CT molecular complexity index is 1370. The normalized spacial score (nSPS) is 15.0. The minimum absolute atomic E-state index is 0.0399. The van der Waals surface area contributed by atoms with E-state index >= 15 is 0 Å². The zero-order chi connectivity index (χ0) is 23.8. The van der Waals surface area contributed by atoms with Gasteiger partial charge in [-0.05, 0) is 38.0 Å². The van der Waals surface area contributed by atoms with Gasteiger partial charge in [0.2, 0.25) is 15.9 Å². The number of amides is 1. The van der Waals surface area contributed by atoms with Crippen molar-refractivity contribution < 1.29 is 13.2 Å². The lowest BCUT2D eigenvalue weighted by molar-refractivity contribution is -0.132. The van der Waals surface area contributed by atoms with Crippen LogP contribution in [0.1, 0.15) is 28.9 Å². The molecule has 2 aromatic heterocycles. The van der Waals surface area contributed by atoms with E-state index in [0.717, 1.165) is 17.0 Å². The first-order chi connectivity index (χ1) is 15.7. The second-order valence-corrected chi connectivity index (χ2v) is 10.2. The van der Waals surface area contributed by atoms with E-state index in [1.54, 1.807) is 27.6 Å². The maximum Gasteiger partial charge on any atom is 0.244 e. The molecule has 1 aromatic carbocycles. The number of carbonyl (C=O) groups excluding carboxylic acids is 1. The van der Waals surface area contributed by atoms with Crippen molar-refractivity contribution in [1.82, 2.24) is 23.8 Å². The van der Waals surface area contributed by atoms with E-state index < -0.39 is 10.0 Å². The zero-order valence-corrected chi connectivity index (χ0v) is 19.9. The fourth-order valence-corrected chi connectivity index (χ4v) is 6.03. The Kier molecular flexibility index (Phi) is 6.38. The molecule has 11 heteroatoms. The van der Waals surface area contributed by atoms with Crippen molar-refractivity contribution in [2.45, 2.75) is 31.6 Å². The lowest BCUT2D eigenvalue weighted by Crippen LogP contribution is -2.50. The van der Waals surface area contributed by atoms with Gasteiger partial charge in [0, 0.05) is 44.0 Å². The molecule has 1 saturated heterocycles. The molecule has 3 heterocycles. The summed E-state index contributed by atoms with van der Waals surface area (Å²) in [5.74, 6) is -0.0399. The summed E-state index contributed by atoms with van der Waals surface area (Å²) in [7, 11) is -3.71. The lowest BCUT2D eigenvalue weighted by Gasteiger charge is -2.34. The summed E-state index contributed by atoms with van der Waals surface area (Å²) in [5.41, 5.74) is 3.46. The Hall–Kier alpha value is -3.00. The molecule has 0 bridgehead atoms. The molecule has 0 aliphatic carbocycles. The largest absolute Gasteiger partial charge is 0.340 e. The highest BCUT2D eigenvalue weighted by atomic mass is 35.5. The van der Waals surface area contributed by atoms with Crippen molar-refractivity contribution in [2.75, 3.05) is 26.2 Å². The molecule has 1 fully saturated rings. The topological polar surface area (TPSA) is 112 Å². The summed E-state index contributed by atoms with van der Waals surface area (Å²) >= 11 is 6.08. The Morgan fingerprint density at radius 1 is 1.18 bits per heavy atom. The monoisotopic (exact) mass is 486 g/mol. The second kappa shape index (κ2) is 9.09. The molecule has 172 valence electrons. The van der Waals surface area contributed by atoms with Gasteiger partial charge < -0.3 is 4.90 Å². The molecular weight excluding hydrogens is 464 g/mol. The van der Waals surface area contributed by atoms with Crippen molar-refractivity contribution in [1.29, 1.82) is 5.26 Å². The number of hydrogen-bond acceptors (Lipinski definition) is 6. The third kappa shape index (κ3) is 4.31. The molecule has 0 unspecified atom stereocenters. The molecule has 3 aromatic rings. The molecule has 1 aliphatic rings. The van der Waals surface area contributed by atoms with Crippen LogP contribution in [0.2, 0.25) is 5.02 Å². The molecule has 0 spiro atoms. The van der Waals surface area contributed by atoms with E-state index in [9.17, 15) is 18.5 Å². The standard InChI is InChI=1S/C22H23ClN6O3S/c1-15-18(16(2)29-22(26-15)17(13-24)14-25-29)7-8-21(30)27-9-11-28(12-10-27)33(31,32)20-6-4-3-5-19(20)23/h3-6,14H,7-12H2,1-2H3. The van der Waals surface area contributed by atoms with Crippen LogP contribution in [0.25, 0.3) is 5.65 Å². The first-order valence-electron chi connectivity index (χ1n) is 10.5. The quantitative estimate of drug-likeness (QED) is 0.547. The first-order valence-corrected chi connectivity index (χ1v) is 12.3. The highest BCUT2D eigenvalue weighted by Gasteiger charge is 2.31. The second-order valence-electron chi connectivity index (χ2n) is 7.88. The van der Waals surface area contributed by atoms with Crippen LogP contribution in [0.4, 0.5) is 0 Å². The Morgan fingerprint density at radius 2 is 1.88 bits per heavy atom. The minimum atomic E-state index is -3.71. The van der Waals surface area contributed by atoms with Gasteiger partial charge in [0.25, 0.3) is 0 Å². The summed E-state index contributed by atoms with van der Waals surface area (Å²) in [6.45, 7) is 4.84. The molecular formula is C22H23ClN6O3S. The van der Waals surface area contributed by atoms with Crippen molar-refractivity contribution in [3.8, 4) is 6.07 Å². The van der Waals surface area contributed by atoms with Crippen LogP contribution in [0.3, 0.4) is 0 Å². The fraction of sp³-hybridized carbons (Fsp3) is 0.364. The number of nitriles is 1. The van der Waals surface area contributed by atoms with Gasteiger partial charge in [-0.25, -0.2) is 17.9 Å². The van der Waals surface area contributed by atoms with E-state index in [2.05, 4.69) is 16.2 Å². The molecule has 33 heavy (non-hydrogen) atoms. The summed E-state index contributed by atoms with van der Waals surface area (Å²) in [5, 5.41) is 13.6. The number of aromatic nitrogens is 3. The van der Waals surface area contributed by atoms with Crippen molar-refractivity contribution >= 4 is 33.2 Å². The molecule has 1 amide bonds. The van der Waals surface area contributed by atoms with Crippen LogP contribution in [-0.4, -0.2) is 64.3 Å². The zero-order valence-electron chi connectivity index (χ0n) is 18.3. The van der Waals surface area contributed by atoms with Crippen molar-refractivity contribution in [3.05, 3.63) is 58.0 Å². The number of sulfonamides is 1. The fourth-order valence-electron chi connectivity index (χ4n) is 4.11. The third-order valence-corrected chi connectivity index (χ3v) is 8.36. The van der Waals surface area contributed by atoms with Gasteiger partial charge in [0.15, 0.2) is 5.65 Å². The Labute approximate surface area is 197 Å². The first kappa shape index (κ1) is 23.2. The number of nitrogens with zero attached hydrogens (tertiary/aromatic N) is 6. The lowest BCUT2D eigenvalue weighted by atomic mass is 10.1. The van der Waals surface area contributed by atoms with Crippen LogP contribution in [0.5, 0.6) is 0 Å². The Morgan fingerprint density at radius 3 is 2.55 bits per heavy atom. The van der Waals surface area contributed by atoms with Crippen LogP contribution in [-0.2, 0) is 21.2 Å². The van der Waals surface area contributed by atoms with Crippen LogP contribution >= 0.6 is 11.6 Å². The molecule has 1 aliphatic heterocycles. The van der Waals surface area contributed by atoms with Gasteiger partial charge in [-0.1, -0.05) is 23.7 Å². The van der Waals surface area contributed by atoms with Gasteiger partial charge >= 0.3 is 0 Å². The number of hydrogen-bond donors (Lipinski definition) is 0. The van der Waals surface area contributed by atoms with E-state index in [1.165, 1.54) is 16.6 Å². The number of aryl methyl sites for hydroxylation is 2. The SMILES string of the molecule is Cc1nc2c(C#N)cnn2c(C)c1CCC(=O)N1CCN(S(=O)(=O)c2ccccc2Cl)CC1. The third-order valence-electron chi connectivity index (χ3n) is 5.96. The Balaban J connectivity index is 1.40. The van der Waals surface area contributed by atoms with E-state index in [0.29, 0.717) is 30.7 Å². The van der Waals surface area contributed by atoms with Crippen LogP contribution < -0.4 is 0 Å². The number of fused-ring (bicyclic) bond motifs is 1. The predicted octanol–water partition coefficient (Wildman–Crippen LogP) is 2.34. The maximum absolute atomic E-state index is 12.9. The van der Waals surface area contributed by atoms with E-state index in [-0.39, 0.29) is 35.3 Å². The van der Waals surface area contributed by atoms with Gasteiger partial charge in [-0.2, -0.15) is 14.7 Å². The van der Waals surface area contributed by atoms with Gasteiger partial charge in [-0.3, -0.25) is 4.79 Å². The molecule has 0 radical (unpaired) electrons. The maximum atomic E-state index is 12.9. The molecule has 0 atom stereocenters. The van der Waals surface area contributed by atoms with Crippen LogP contribution in [0.15, 0.2) is 35.4 Å². The van der Waals surface area contributed by atoms with Crippen molar-refractivity contribution in [3.63, 3.8) is 0 Å². The number of piperazine rings is 1. The summed E-state index contributed by atoms with van der Waals surface area (Å²) in [6, 6.07) is 8.45. The molecule has 9 nitrogen and oxygen atoms in total. The van der Waals surface area contributed by atoms with Gasteiger partial charge in [-0.15, -0.1) is 0 Å². The summed E-state index contributed by atoms with van der Waals surface area (Å²) in [6.07, 6.45) is 2.25. The highest BCUT2D eigenvalue weighted by Crippen LogP contribution is 2.25. The van der Waals surface area contributed by atoms with Gasteiger partial charge in [0.05, 0.1) is 11.2 Å². The molecule has 0 N–H and O–H groups in total. The molecule has 4 rings (SSSR count). The van der Waals surface area contributed by atoms with E-state index in [4.69, 9.17) is 11.6 Å². The predicted molar refractivity (Wildman–Crippen MR) is 122 cm³/mol. The average Bonchev–Trinajstić information content (AvgIpc) is 3.22. The van der Waals surface area contributed by atoms with Crippen LogP contribution in [0, 0.1) is 25.2 Å². The number of rotatable bonds is 5. The van der Waals surface area contributed by atoms with Gasteiger partial charge in [0.1, 0.15) is 16.5 Å². The highest BCUT2D eigenvalue weighted by molar-refractivity contribution is 7.89. The van der Waals surface area contributed by atoms with Crippen molar-refractivity contribution in [2.24, 2.45) is 0 Å².